The number of anilines is 1. The lowest BCUT2D eigenvalue weighted by molar-refractivity contribution is -0.147. The molecule has 5 nitrogen and oxygen atoms in total. The Kier molecular flexibility index (Phi) is 2.62. The minimum Gasteiger partial charge on any atom is -0.466 e. The smallest absolute Gasteiger partial charge is 0.310 e. The number of carbonyl (C=O) groups is 3. The Labute approximate surface area is 110 Å². The molecule has 2 fully saturated rings. The van der Waals surface area contributed by atoms with Crippen LogP contribution in [0.25, 0.3) is 0 Å². The van der Waals surface area contributed by atoms with Gasteiger partial charge in [-0.25, -0.2) is 0 Å². The predicted molar refractivity (Wildman–Crippen MR) is 66.0 cm³/mol. The Hall–Kier alpha value is -2.17. The van der Waals surface area contributed by atoms with Gasteiger partial charge in [0.05, 0.1) is 30.0 Å². The largest absolute Gasteiger partial charge is 0.466 e. The number of amides is 2. The molecule has 1 saturated heterocycles. The van der Waals surface area contributed by atoms with Crippen LogP contribution in [0.2, 0.25) is 0 Å². The van der Waals surface area contributed by atoms with Crippen molar-refractivity contribution < 1.29 is 19.1 Å². The van der Waals surface area contributed by atoms with Gasteiger partial charge >= 0.3 is 5.97 Å². The second kappa shape index (κ2) is 4.19. The highest BCUT2D eigenvalue weighted by Gasteiger charge is 2.71. The summed E-state index contributed by atoms with van der Waals surface area (Å²) in [5, 5.41) is 0. The fourth-order valence-electron chi connectivity index (χ4n) is 2.70. The van der Waals surface area contributed by atoms with Gasteiger partial charge in [0.2, 0.25) is 11.8 Å². The number of para-hydroxylation sites is 1. The second-order valence-electron chi connectivity index (χ2n) is 4.68. The summed E-state index contributed by atoms with van der Waals surface area (Å²) in [5.41, 5.74) is 0.562. The third kappa shape index (κ3) is 1.65. The Bertz CT molecular complexity index is 532. The molecule has 1 aliphatic carbocycles. The normalized spacial score (nSPS) is 28.3. The zero-order valence-electron chi connectivity index (χ0n) is 10.4. The lowest BCUT2D eigenvalue weighted by atomic mass is 10.2. The molecule has 98 valence electrons. The van der Waals surface area contributed by atoms with Gasteiger partial charge in [-0.2, -0.15) is 0 Å². The summed E-state index contributed by atoms with van der Waals surface area (Å²) in [6.07, 6.45) is 0. The van der Waals surface area contributed by atoms with E-state index < -0.39 is 23.7 Å². The van der Waals surface area contributed by atoms with Crippen LogP contribution in [0, 0.1) is 17.8 Å². The fraction of sp³-hybridized carbons (Fsp3) is 0.357. The number of esters is 1. The third-order valence-corrected chi connectivity index (χ3v) is 3.60. The molecule has 1 aliphatic heterocycles. The molecule has 1 saturated carbocycles. The fourth-order valence-corrected chi connectivity index (χ4v) is 2.70. The average Bonchev–Trinajstić information content (AvgIpc) is 3.10. The summed E-state index contributed by atoms with van der Waals surface area (Å²) >= 11 is 0. The van der Waals surface area contributed by atoms with Crippen LogP contribution in [0.15, 0.2) is 30.3 Å². The lowest BCUT2D eigenvalue weighted by Gasteiger charge is -2.17. The number of hydrogen-bond donors (Lipinski definition) is 0. The van der Waals surface area contributed by atoms with Crippen molar-refractivity contribution in [2.24, 2.45) is 17.8 Å². The van der Waals surface area contributed by atoms with Gasteiger partial charge in [0, 0.05) is 0 Å². The van der Waals surface area contributed by atoms with E-state index in [1.807, 2.05) is 6.07 Å². The molecule has 19 heavy (non-hydrogen) atoms. The van der Waals surface area contributed by atoms with Crippen molar-refractivity contribution in [2.75, 3.05) is 11.5 Å². The molecule has 0 unspecified atom stereocenters. The van der Waals surface area contributed by atoms with Gasteiger partial charge in [0.25, 0.3) is 0 Å². The molecule has 3 rings (SSSR count). The molecule has 0 spiro atoms. The molecule has 0 radical (unpaired) electrons. The molecule has 5 heteroatoms. The van der Waals surface area contributed by atoms with E-state index in [-0.39, 0.29) is 18.4 Å². The maximum Gasteiger partial charge on any atom is 0.310 e. The minimum absolute atomic E-state index is 0.263. The SMILES string of the molecule is CCOC(=O)C1[C@@H]2C(=O)N(c3ccccc3)C(=O)[C@@H]12. The first-order valence-electron chi connectivity index (χ1n) is 6.26. The van der Waals surface area contributed by atoms with Crippen LogP contribution in [-0.2, 0) is 19.1 Å². The molecule has 2 atom stereocenters. The summed E-state index contributed by atoms with van der Waals surface area (Å²) in [4.78, 5) is 37.1. The van der Waals surface area contributed by atoms with E-state index >= 15 is 0 Å². The molecule has 0 aromatic heterocycles. The van der Waals surface area contributed by atoms with Crippen molar-refractivity contribution in [1.82, 2.24) is 0 Å². The predicted octanol–water partition coefficient (Wildman–Crippen LogP) is 0.985. The molecular weight excluding hydrogens is 246 g/mol. The maximum atomic E-state index is 12.2. The van der Waals surface area contributed by atoms with E-state index in [0.717, 1.165) is 0 Å². The molecule has 2 aliphatic rings. The lowest BCUT2D eigenvalue weighted by Crippen LogP contribution is -2.36. The van der Waals surface area contributed by atoms with E-state index in [2.05, 4.69) is 0 Å². The van der Waals surface area contributed by atoms with Crippen LogP contribution >= 0.6 is 0 Å². The van der Waals surface area contributed by atoms with E-state index in [0.29, 0.717) is 5.69 Å². The highest BCUT2D eigenvalue weighted by molar-refractivity contribution is 6.27. The van der Waals surface area contributed by atoms with E-state index in [4.69, 9.17) is 4.74 Å². The Balaban J connectivity index is 1.81. The first-order chi connectivity index (χ1) is 9.16. The molecule has 0 N–H and O–H groups in total. The second-order valence-corrected chi connectivity index (χ2v) is 4.68. The van der Waals surface area contributed by atoms with Crippen molar-refractivity contribution >= 4 is 23.5 Å². The number of benzene rings is 1. The monoisotopic (exact) mass is 259 g/mol. The van der Waals surface area contributed by atoms with Gasteiger partial charge < -0.3 is 4.74 Å². The van der Waals surface area contributed by atoms with Crippen molar-refractivity contribution in [3.8, 4) is 0 Å². The summed E-state index contributed by atoms with van der Waals surface area (Å²) in [6.45, 7) is 1.97. The Morgan fingerprint density at radius 1 is 1.16 bits per heavy atom. The standard InChI is InChI=1S/C14H13NO4/c1-2-19-14(18)11-9-10(11)13(17)15(12(9)16)8-6-4-3-5-7-8/h3-7,9-11H,2H2,1H3/t9-,10-/m1/s1. The number of hydrogen-bond acceptors (Lipinski definition) is 4. The van der Waals surface area contributed by atoms with Crippen LogP contribution in [0.4, 0.5) is 5.69 Å². The number of fused-ring (bicyclic) bond motifs is 1. The summed E-state index contributed by atoms with van der Waals surface area (Å²) in [6, 6.07) is 8.77. The summed E-state index contributed by atoms with van der Waals surface area (Å²) < 4.78 is 4.88. The van der Waals surface area contributed by atoms with Crippen molar-refractivity contribution in [2.45, 2.75) is 6.92 Å². The molecule has 0 bridgehead atoms. The van der Waals surface area contributed by atoms with Gasteiger partial charge in [-0.3, -0.25) is 19.3 Å². The van der Waals surface area contributed by atoms with Gasteiger partial charge in [-0.05, 0) is 19.1 Å². The highest BCUT2D eigenvalue weighted by Crippen LogP contribution is 2.54. The quantitative estimate of drug-likeness (QED) is 0.599. The summed E-state index contributed by atoms with van der Waals surface area (Å²) in [5.74, 6) is -2.64. The van der Waals surface area contributed by atoms with Crippen molar-refractivity contribution in [3.05, 3.63) is 30.3 Å². The number of rotatable bonds is 3. The molecular formula is C14H13NO4. The molecule has 1 aromatic carbocycles. The van der Waals surface area contributed by atoms with E-state index in [1.165, 1.54) is 4.90 Å². The molecule has 1 heterocycles. The number of carbonyl (C=O) groups excluding carboxylic acids is 3. The number of nitrogens with zero attached hydrogens (tertiary/aromatic N) is 1. The zero-order chi connectivity index (χ0) is 13.6. The third-order valence-electron chi connectivity index (χ3n) is 3.60. The van der Waals surface area contributed by atoms with Crippen LogP contribution in [-0.4, -0.2) is 24.4 Å². The minimum atomic E-state index is -0.570. The number of imide groups is 1. The van der Waals surface area contributed by atoms with Gasteiger partial charge in [-0.1, -0.05) is 18.2 Å². The van der Waals surface area contributed by atoms with Crippen LogP contribution in [0.3, 0.4) is 0 Å². The van der Waals surface area contributed by atoms with Crippen molar-refractivity contribution in [1.29, 1.82) is 0 Å². The Morgan fingerprint density at radius 2 is 1.74 bits per heavy atom. The van der Waals surface area contributed by atoms with Crippen LogP contribution in [0.1, 0.15) is 6.92 Å². The van der Waals surface area contributed by atoms with Gasteiger partial charge in [0.15, 0.2) is 0 Å². The number of piperidine rings is 1. The molecule has 1 aromatic rings. The van der Waals surface area contributed by atoms with E-state index in [9.17, 15) is 14.4 Å². The first-order valence-corrected chi connectivity index (χ1v) is 6.26. The van der Waals surface area contributed by atoms with Gasteiger partial charge in [-0.15, -0.1) is 0 Å². The highest BCUT2D eigenvalue weighted by atomic mass is 16.5. The van der Waals surface area contributed by atoms with Gasteiger partial charge in [0.1, 0.15) is 0 Å². The first kappa shape index (κ1) is 11.9. The number of ether oxygens (including phenoxy) is 1. The Morgan fingerprint density at radius 3 is 2.26 bits per heavy atom. The van der Waals surface area contributed by atoms with Crippen molar-refractivity contribution in [3.63, 3.8) is 0 Å². The zero-order valence-corrected chi connectivity index (χ0v) is 10.4. The summed E-state index contributed by atoms with van der Waals surface area (Å²) in [7, 11) is 0. The van der Waals surface area contributed by atoms with Crippen LogP contribution < -0.4 is 4.90 Å². The maximum absolute atomic E-state index is 12.2. The topological polar surface area (TPSA) is 63.7 Å². The van der Waals surface area contributed by atoms with E-state index in [1.54, 1.807) is 31.2 Å². The van der Waals surface area contributed by atoms with Crippen LogP contribution in [0.5, 0.6) is 0 Å². The molecule has 2 amide bonds. The average molecular weight is 259 g/mol.